The van der Waals surface area contributed by atoms with Crippen LogP contribution in [0.25, 0.3) is 16.7 Å². The number of hydrogen-bond donors (Lipinski definition) is 1. The fourth-order valence-electron chi connectivity index (χ4n) is 4.10. The first-order valence-electron chi connectivity index (χ1n) is 10.4. The number of piperidine rings is 1. The maximum absolute atomic E-state index is 4.66. The predicted molar refractivity (Wildman–Crippen MR) is 119 cm³/mol. The quantitative estimate of drug-likeness (QED) is 0.550. The number of nitrogens with zero attached hydrogens (tertiary/aromatic N) is 6. The van der Waals surface area contributed by atoms with Crippen LogP contribution in [0.3, 0.4) is 0 Å². The van der Waals surface area contributed by atoms with E-state index in [1.807, 2.05) is 60.5 Å². The van der Waals surface area contributed by atoms with E-state index in [4.69, 9.17) is 0 Å². The van der Waals surface area contributed by atoms with Crippen molar-refractivity contribution in [1.29, 1.82) is 0 Å². The second kappa shape index (κ2) is 8.10. The van der Waals surface area contributed by atoms with E-state index in [9.17, 15) is 0 Å². The number of aryl methyl sites for hydroxylation is 1. The van der Waals surface area contributed by atoms with Crippen LogP contribution in [0.4, 0.5) is 11.5 Å². The predicted octanol–water partition coefficient (Wildman–Crippen LogP) is 3.85. The van der Waals surface area contributed by atoms with Crippen molar-refractivity contribution in [2.45, 2.75) is 19.8 Å². The van der Waals surface area contributed by atoms with E-state index in [2.05, 4.69) is 42.4 Å². The van der Waals surface area contributed by atoms with Crippen molar-refractivity contribution in [2.75, 3.05) is 29.9 Å². The van der Waals surface area contributed by atoms with Gasteiger partial charge in [-0.3, -0.25) is 4.98 Å². The Morgan fingerprint density at radius 3 is 2.50 bits per heavy atom. The molecule has 0 atom stereocenters. The van der Waals surface area contributed by atoms with Crippen LogP contribution < -0.4 is 10.2 Å². The molecule has 4 heterocycles. The molecule has 0 bridgehead atoms. The Balaban J connectivity index is 1.29. The lowest BCUT2D eigenvalue weighted by molar-refractivity contribution is 0.423. The van der Waals surface area contributed by atoms with Gasteiger partial charge in [-0.1, -0.05) is 18.2 Å². The molecule has 0 saturated carbocycles. The summed E-state index contributed by atoms with van der Waals surface area (Å²) in [7, 11) is 0. The lowest BCUT2D eigenvalue weighted by atomic mass is 9.96. The standard InChI is InChI=1S/C23H25N7/c1-17-27-22(21-16-26-30(23(21)28-17)20-5-3-2-4-6-20)25-15-18-9-13-29(14-10-18)19-7-11-24-12-8-19/h2-8,11-12,16,18H,9-10,13-15H2,1H3,(H,25,27,28). The minimum Gasteiger partial charge on any atom is -0.371 e. The average molecular weight is 400 g/mol. The maximum Gasteiger partial charge on any atom is 0.168 e. The van der Waals surface area contributed by atoms with Gasteiger partial charge in [0.05, 0.1) is 17.3 Å². The van der Waals surface area contributed by atoms with Crippen LogP contribution in [0, 0.1) is 12.8 Å². The van der Waals surface area contributed by atoms with E-state index in [0.29, 0.717) is 5.92 Å². The lowest BCUT2D eigenvalue weighted by Gasteiger charge is -2.33. The van der Waals surface area contributed by atoms with Gasteiger partial charge in [0.15, 0.2) is 5.65 Å². The third-order valence-corrected chi connectivity index (χ3v) is 5.74. The molecule has 0 unspecified atom stereocenters. The van der Waals surface area contributed by atoms with Crippen LogP contribution in [0.2, 0.25) is 0 Å². The van der Waals surface area contributed by atoms with Gasteiger partial charge in [-0.2, -0.15) is 5.10 Å². The molecule has 0 spiro atoms. The summed E-state index contributed by atoms with van der Waals surface area (Å²) in [5.41, 5.74) is 3.10. The van der Waals surface area contributed by atoms with E-state index >= 15 is 0 Å². The summed E-state index contributed by atoms with van der Waals surface area (Å²) < 4.78 is 1.88. The minimum absolute atomic E-state index is 0.623. The number of hydrogen-bond acceptors (Lipinski definition) is 6. The number of nitrogens with one attached hydrogen (secondary N) is 1. The van der Waals surface area contributed by atoms with Crippen LogP contribution in [0.1, 0.15) is 18.7 Å². The Bertz CT molecular complexity index is 1120. The van der Waals surface area contributed by atoms with Crippen LogP contribution >= 0.6 is 0 Å². The molecule has 1 saturated heterocycles. The topological polar surface area (TPSA) is 71.8 Å². The van der Waals surface area contributed by atoms with Crippen molar-refractivity contribution in [3.05, 3.63) is 66.9 Å². The molecule has 4 aromatic rings. The number of aromatic nitrogens is 5. The molecule has 3 aromatic heterocycles. The third kappa shape index (κ3) is 3.70. The number of para-hydroxylation sites is 1. The van der Waals surface area contributed by atoms with Gasteiger partial charge in [0.1, 0.15) is 11.6 Å². The van der Waals surface area contributed by atoms with Crippen molar-refractivity contribution in [3.8, 4) is 5.69 Å². The molecule has 152 valence electrons. The average Bonchev–Trinajstić information content (AvgIpc) is 3.23. The second-order valence-corrected chi connectivity index (χ2v) is 7.77. The molecule has 0 aliphatic carbocycles. The zero-order valence-electron chi connectivity index (χ0n) is 17.1. The molecule has 7 nitrogen and oxygen atoms in total. The third-order valence-electron chi connectivity index (χ3n) is 5.74. The van der Waals surface area contributed by atoms with Crippen molar-refractivity contribution in [1.82, 2.24) is 24.7 Å². The highest BCUT2D eigenvalue weighted by Crippen LogP contribution is 2.26. The fourth-order valence-corrected chi connectivity index (χ4v) is 4.10. The minimum atomic E-state index is 0.623. The van der Waals surface area contributed by atoms with Gasteiger partial charge in [-0.25, -0.2) is 14.6 Å². The number of rotatable bonds is 5. The number of anilines is 2. The first-order chi connectivity index (χ1) is 14.8. The van der Waals surface area contributed by atoms with Gasteiger partial charge in [0.25, 0.3) is 0 Å². The summed E-state index contributed by atoms with van der Waals surface area (Å²) in [4.78, 5) is 15.9. The highest BCUT2D eigenvalue weighted by molar-refractivity contribution is 5.87. The SMILES string of the molecule is Cc1nc(NCC2CCN(c3ccncc3)CC2)c2cnn(-c3ccccc3)c2n1. The molecular formula is C23H25N7. The van der Waals surface area contributed by atoms with Gasteiger partial charge in [0, 0.05) is 37.7 Å². The second-order valence-electron chi connectivity index (χ2n) is 7.77. The van der Waals surface area contributed by atoms with Gasteiger partial charge >= 0.3 is 0 Å². The van der Waals surface area contributed by atoms with Crippen LogP contribution in [-0.2, 0) is 0 Å². The largest absolute Gasteiger partial charge is 0.371 e. The summed E-state index contributed by atoms with van der Waals surface area (Å²) in [6, 6.07) is 14.3. The van der Waals surface area contributed by atoms with E-state index in [1.54, 1.807) is 0 Å². The molecule has 1 aromatic carbocycles. The molecule has 1 aliphatic heterocycles. The highest BCUT2D eigenvalue weighted by Gasteiger charge is 2.20. The van der Waals surface area contributed by atoms with E-state index in [-0.39, 0.29) is 0 Å². The smallest absolute Gasteiger partial charge is 0.168 e. The van der Waals surface area contributed by atoms with Gasteiger partial charge in [-0.05, 0) is 49.9 Å². The van der Waals surface area contributed by atoms with Crippen LogP contribution in [-0.4, -0.2) is 44.4 Å². The maximum atomic E-state index is 4.66. The Labute approximate surface area is 175 Å². The molecular weight excluding hydrogens is 374 g/mol. The van der Waals surface area contributed by atoms with E-state index in [0.717, 1.165) is 60.8 Å². The molecule has 7 heteroatoms. The van der Waals surface area contributed by atoms with Gasteiger partial charge in [0.2, 0.25) is 0 Å². The Morgan fingerprint density at radius 2 is 1.73 bits per heavy atom. The number of fused-ring (bicyclic) bond motifs is 1. The van der Waals surface area contributed by atoms with Crippen molar-refractivity contribution < 1.29 is 0 Å². The summed E-state index contributed by atoms with van der Waals surface area (Å²) in [6.45, 7) is 4.98. The first-order valence-corrected chi connectivity index (χ1v) is 10.4. The molecule has 5 rings (SSSR count). The summed E-state index contributed by atoms with van der Waals surface area (Å²) >= 11 is 0. The van der Waals surface area contributed by atoms with Crippen molar-refractivity contribution >= 4 is 22.5 Å². The lowest BCUT2D eigenvalue weighted by Crippen LogP contribution is -2.35. The normalized spacial score (nSPS) is 14.9. The van der Waals surface area contributed by atoms with Gasteiger partial charge in [-0.15, -0.1) is 0 Å². The zero-order chi connectivity index (χ0) is 20.3. The summed E-state index contributed by atoms with van der Waals surface area (Å²) in [6.07, 6.45) is 7.90. The number of benzene rings is 1. The first kappa shape index (κ1) is 18.5. The zero-order valence-corrected chi connectivity index (χ0v) is 17.1. The van der Waals surface area contributed by atoms with E-state index in [1.165, 1.54) is 5.69 Å². The molecule has 0 amide bonds. The summed E-state index contributed by atoms with van der Waals surface area (Å²) in [5.74, 6) is 2.24. The Hall–Kier alpha value is -3.48. The molecule has 1 aliphatic rings. The van der Waals surface area contributed by atoms with Crippen LogP contribution in [0.15, 0.2) is 61.1 Å². The number of pyridine rings is 1. The monoisotopic (exact) mass is 399 g/mol. The molecule has 1 N–H and O–H groups in total. The van der Waals surface area contributed by atoms with E-state index < -0.39 is 0 Å². The van der Waals surface area contributed by atoms with Crippen molar-refractivity contribution in [3.63, 3.8) is 0 Å². The summed E-state index contributed by atoms with van der Waals surface area (Å²) in [5, 5.41) is 9.11. The fraction of sp³-hybridized carbons (Fsp3) is 0.304. The van der Waals surface area contributed by atoms with Gasteiger partial charge < -0.3 is 10.2 Å². The highest BCUT2D eigenvalue weighted by atomic mass is 15.3. The molecule has 1 fully saturated rings. The Kier molecular flexibility index (Phi) is 5.01. The molecule has 30 heavy (non-hydrogen) atoms. The van der Waals surface area contributed by atoms with Crippen molar-refractivity contribution in [2.24, 2.45) is 5.92 Å². The Morgan fingerprint density at radius 1 is 0.967 bits per heavy atom. The van der Waals surface area contributed by atoms with Crippen LogP contribution in [0.5, 0.6) is 0 Å². The molecule has 0 radical (unpaired) electrons.